The second-order valence-electron chi connectivity index (χ2n) is 3.18. The molecule has 0 spiro atoms. The maximum absolute atomic E-state index is 5.31. The number of morpholine rings is 1. The van der Waals surface area contributed by atoms with Crippen LogP contribution in [0.25, 0.3) is 0 Å². The quantitative estimate of drug-likeness (QED) is 0.616. The van der Waals surface area contributed by atoms with Crippen LogP contribution in [0.5, 0.6) is 0 Å². The average Bonchev–Trinajstić information content (AvgIpc) is 2.30. The summed E-state index contributed by atoms with van der Waals surface area (Å²) in [5.74, 6) is 0. The summed E-state index contributed by atoms with van der Waals surface area (Å²) in [6.45, 7) is 3.66. The molecule has 0 aromatic heterocycles. The summed E-state index contributed by atoms with van der Waals surface area (Å²) in [7, 11) is 1.48. The van der Waals surface area contributed by atoms with Crippen LogP contribution in [0.2, 0.25) is 0 Å². The van der Waals surface area contributed by atoms with Crippen LogP contribution < -0.4 is 4.90 Å². The van der Waals surface area contributed by atoms with Crippen LogP contribution in [0.4, 0.5) is 5.69 Å². The third-order valence-corrected chi connectivity index (χ3v) is 3.43. The molecule has 0 amide bonds. The highest BCUT2D eigenvalue weighted by Gasteiger charge is 2.10. The first-order valence-electron chi connectivity index (χ1n) is 4.64. The molecule has 14 heavy (non-hydrogen) atoms. The summed E-state index contributed by atoms with van der Waals surface area (Å²) in [5, 5.41) is 0. The Balaban J connectivity index is 2.07. The van der Waals surface area contributed by atoms with Gasteiger partial charge in [0.15, 0.2) is 0 Å². The molecule has 1 fully saturated rings. The van der Waals surface area contributed by atoms with Crippen molar-refractivity contribution >= 4 is 28.1 Å². The van der Waals surface area contributed by atoms with Gasteiger partial charge in [-0.15, -0.1) is 11.7 Å². The van der Waals surface area contributed by atoms with E-state index in [1.54, 1.807) is 0 Å². The van der Waals surface area contributed by atoms with Crippen molar-refractivity contribution in [3.63, 3.8) is 0 Å². The SMILES string of the molecule is SSc1ccc(N2CCOCC2)cc1. The largest absolute Gasteiger partial charge is 0.378 e. The Bertz CT molecular complexity index is 283. The van der Waals surface area contributed by atoms with Crippen LogP contribution in [0.15, 0.2) is 29.2 Å². The normalized spacial score (nSPS) is 17.1. The third kappa shape index (κ3) is 2.38. The summed E-state index contributed by atoms with van der Waals surface area (Å²) in [6, 6.07) is 8.48. The lowest BCUT2D eigenvalue weighted by Gasteiger charge is -2.28. The van der Waals surface area contributed by atoms with E-state index in [1.165, 1.54) is 21.4 Å². The van der Waals surface area contributed by atoms with E-state index in [2.05, 4.69) is 40.8 Å². The van der Waals surface area contributed by atoms with Crippen molar-refractivity contribution in [2.24, 2.45) is 0 Å². The Morgan fingerprint density at radius 1 is 1.14 bits per heavy atom. The Kier molecular flexibility index (Phi) is 3.61. The van der Waals surface area contributed by atoms with E-state index in [0.717, 1.165) is 26.3 Å². The van der Waals surface area contributed by atoms with Gasteiger partial charge in [-0.2, -0.15) is 0 Å². The van der Waals surface area contributed by atoms with Crippen molar-refractivity contribution in [3.8, 4) is 0 Å². The predicted molar refractivity (Wildman–Crippen MR) is 64.3 cm³/mol. The number of benzene rings is 1. The van der Waals surface area contributed by atoms with Crippen molar-refractivity contribution in [1.82, 2.24) is 0 Å². The molecular formula is C10H13NOS2. The number of rotatable bonds is 2. The van der Waals surface area contributed by atoms with Gasteiger partial charge in [-0.25, -0.2) is 0 Å². The van der Waals surface area contributed by atoms with E-state index in [-0.39, 0.29) is 0 Å². The van der Waals surface area contributed by atoms with Crippen LogP contribution >= 0.6 is 22.5 Å². The first-order chi connectivity index (χ1) is 6.90. The van der Waals surface area contributed by atoms with Crippen molar-refractivity contribution in [2.45, 2.75) is 4.90 Å². The monoisotopic (exact) mass is 227 g/mol. The summed E-state index contributed by atoms with van der Waals surface area (Å²) in [5.41, 5.74) is 1.28. The van der Waals surface area contributed by atoms with Crippen molar-refractivity contribution < 1.29 is 4.74 Å². The molecule has 1 saturated heterocycles. The Morgan fingerprint density at radius 3 is 2.36 bits per heavy atom. The fourth-order valence-electron chi connectivity index (χ4n) is 1.54. The zero-order valence-corrected chi connectivity index (χ0v) is 9.56. The van der Waals surface area contributed by atoms with Crippen molar-refractivity contribution in [1.29, 1.82) is 0 Å². The predicted octanol–water partition coefficient (Wildman–Crippen LogP) is 2.46. The molecular weight excluding hydrogens is 214 g/mol. The Hall–Kier alpha value is -0.320. The lowest BCUT2D eigenvalue weighted by Crippen LogP contribution is -2.36. The van der Waals surface area contributed by atoms with Crippen molar-refractivity contribution in [3.05, 3.63) is 24.3 Å². The molecule has 2 nitrogen and oxygen atoms in total. The van der Waals surface area contributed by atoms with E-state index < -0.39 is 0 Å². The molecule has 0 aliphatic carbocycles. The van der Waals surface area contributed by atoms with Gasteiger partial charge >= 0.3 is 0 Å². The van der Waals surface area contributed by atoms with Crippen LogP contribution in [0, 0.1) is 0 Å². The van der Waals surface area contributed by atoms with E-state index in [9.17, 15) is 0 Å². The molecule has 1 aliphatic rings. The van der Waals surface area contributed by atoms with Gasteiger partial charge in [-0.05, 0) is 24.3 Å². The Morgan fingerprint density at radius 2 is 1.79 bits per heavy atom. The number of hydrogen-bond acceptors (Lipinski definition) is 4. The lowest BCUT2D eigenvalue weighted by molar-refractivity contribution is 0.122. The van der Waals surface area contributed by atoms with E-state index in [0.29, 0.717) is 0 Å². The van der Waals surface area contributed by atoms with Gasteiger partial charge in [0.1, 0.15) is 0 Å². The van der Waals surface area contributed by atoms with Gasteiger partial charge in [0.25, 0.3) is 0 Å². The number of anilines is 1. The van der Waals surface area contributed by atoms with Crippen LogP contribution in [-0.2, 0) is 4.74 Å². The number of nitrogens with zero attached hydrogens (tertiary/aromatic N) is 1. The zero-order valence-electron chi connectivity index (χ0n) is 7.85. The summed E-state index contributed by atoms with van der Waals surface area (Å²) >= 11 is 4.15. The van der Waals surface area contributed by atoms with E-state index >= 15 is 0 Å². The topological polar surface area (TPSA) is 12.5 Å². The van der Waals surface area contributed by atoms with Crippen molar-refractivity contribution in [2.75, 3.05) is 31.2 Å². The first-order valence-corrected chi connectivity index (χ1v) is 6.51. The number of thiol groups is 1. The molecule has 76 valence electrons. The summed E-state index contributed by atoms with van der Waals surface area (Å²) in [4.78, 5) is 3.53. The fraction of sp³-hybridized carbons (Fsp3) is 0.400. The molecule has 0 bridgehead atoms. The minimum Gasteiger partial charge on any atom is -0.378 e. The lowest BCUT2D eigenvalue weighted by atomic mass is 10.2. The molecule has 0 saturated carbocycles. The molecule has 0 radical (unpaired) electrons. The van der Waals surface area contributed by atoms with Gasteiger partial charge in [-0.1, -0.05) is 10.8 Å². The molecule has 1 aromatic rings. The highest BCUT2D eigenvalue weighted by molar-refractivity contribution is 8.68. The minimum absolute atomic E-state index is 0.836. The molecule has 4 heteroatoms. The highest BCUT2D eigenvalue weighted by atomic mass is 33.1. The van der Waals surface area contributed by atoms with Crippen LogP contribution in [0.1, 0.15) is 0 Å². The average molecular weight is 227 g/mol. The molecule has 2 rings (SSSR count). The minimum atomic E-state index is 0.836. The van der Waals surface area contributed by atoms with Gasteiger partial charge in [0.05, 0.1) is 13.2 Å². The number of hydrogen-bond donors (Lipinski definition) is 1. The molecule has 1 aromatic carbocycles. The number of ether oxygens (including phenoxy) is 1. The van der Waals surface area contributed by atoms with Crippen LogP contribution in [0.3, 0.4) is 0 Å². The van der Waals surface area contributed by atoms with Crippen LogP contribution in [-0.4, -0.2) is 26.3 Å². The standard InChI is InChI=1S/C10H13NOS2/c13-14-10-3-1-9(2-4-10)11-5-7-12-8-6-11/h1-4,13H,5-8H2. The summed E-state index contributed by atoms with van der Waals surface area (Å²) < 4.78 is 5.31. The zero-order chi connectivity index (χ0) is 9.80. The van der Waals surface area contributed by atoms with E-state index in [1.807, 2.05) is 0 Å². The summed E-state index contributed by atoms with van der Waals surface area (Å²) in [6.07, 6.45) is 0. The fourth-order valence-corrected chi connectivity index (χ4v) is 2.16. The molecule has 1 heterocycles. The second kappa shape index (κ2) is 4.96. The molecule has 0 N–H and O–H groups in total. The van der Waals surface area contributed by atoms with Gasteiger partial charge < -0.3 is 9.64 Å². The van der Waals surface area contributed by atoms with Gasteiger partial charge in [0.2, 0.25) is 0 Å². The second-order valence-corrected chi connectivity index (χ2v) is 4.39. The van der Waals surface area contributed by atoms with Gasteiger partial charge in [0, 0.05) is 23.7 Å². The highest BCUT2D eigenvalue weighted by Crippen LogP contribution is 2.24. The molecule has 0 atom stereocenters. The maximum Gasteiger partial charge on any atom is 0.0642 e. The third-order valence-electron chi connectivity index (χ3n) is 2.32. The Labute approximate surface area is 93.4 Å². The van der Waals surface area contributed by atoms with E-state index in [4.69, 9.17) is 4.74 Å². The maximum atomic E-state index is 5.31. The first kappa shape index (κ1) is 10.2. The smallest absolute Gasteiger partial charge is 0.0642 e. The molecule has 1 aliphatic heterocycles. The molecule has 0 unspecified atom stereocenters. The van der Waals surface area contributed by atoms with Gasteiger partial charge in [-0.3, -0.25) is 0 Å².